The number of hydrogen-bond acceptors (Lipinski definition) is 2. The molecule has 21 heavy (non-hydrogen) atoms. The zero-order chi connectivity index (χ0) is 14.7. The van der Waals surface area contributed by atoms with Crippen molar-refractivity contribution >= 4 is 26.7 Å². The first kappa shape index (κ1) is 14.0. The first-order valence-corrected chi connectivity index (χ1v) is 7.65. The van der Waals surface area contributed by atoms with Gasteiger partial charge in [-0.25, -0.2) is 0 Å². The normalized spacial score (nSPS) is 15.0. The number of fused-ring (bicyclic) bond motifs is 1. The van der Waals surface area contributed by atoms with Gasteiger partial charge in [-0.2, -0.15) is 0 Å². The smallest absolute Gasteiger partial charge is 0.121 e. The number of halogens is 1. The predicted molar refractivity (Wildman–Crippen MR) is 90.7 cm³/mol. The lowest BCUT2D eigenvalue weighted by Crippen LogP contribution is -1.98. The molecule has 0 aliphatic heterocycles. The van der Waals surface area contributed by atoms with Crippen LogP contribution in [0, 0.1) is 0 Å². The van der Waals surface area contributed by atoms with Crippen LogP contribution in [0.5, 0.6) is 0 Å². The van der Waals surface area contributed by atoms with Crippen LogP contribution in [0.1, 0.15) is 12.0 Å². The molecule has 1 aliphatic carbocycles. The van der Waals surface area contributed by atoms with Crippen molar-refractivity contribution in [1.82, 2.24) is 0 Å². The minimum absolute atomic E-state index is 0.530. The van der Waals surface area contributed by atoms with Crippen LogP contribution in [0.25, 0.3) is 10.8 Å². The molecule has 0 amide bonds. The molecule has 106 valence electrons. The van der Waals surface area contributed by atoms with Gasteiger partial charge in [0.25, 0.3) is 0 Å². The molecule has 0 saturated heterocycles. The van der Waals surface area contributed by atoms with Crippen LogP contribution in [0.3, 0.4) is 0 Å². The molecular weight excluding hydrogens is 326 g/mol. The van der Waals surface area contributed by atoms with E-state index in [0.29, 0.717) is 12.3 Å². The Hall–Kier alpha value is -2.00. The maximum Gasteiger partial charge on any atom is 0.121 e. The van der Waals surface area contributed by atoms with E-state index in [9.17, 15) is 0 Å². The minimum Gasteiger partial charge on any atom is -0.489 e. The molecule has 0 unspecified atom stereocenters. The molecule has 0 bridgehead atoms. The van der Waals surface area contributed by atoms with E-state index < -0.39 is 0 Å². The Morgan fingerprint density at radius 2 is 1.90 bits per heavy atom. The van der Waals surface area contributed by atoms with Gasteiger partial charge in [0.15, 0.2) is 0 Å². The molecule has 0 radical (unpaired) electrons. The molecule has 2 aromatic carbocycles. The van der Waals surface area contributed by atoms with Crippen LogP contribution < -0.4 is 5.73 Å². The zero-order valence-electron chi connectivity index (χ0n) is 11.6. The molecule has 3 heteroatoms. The monoisotopic (exact) mass is 341 g/mol. The van der Waals surface area contributed by atoms with Crippen molar-refractivity contribution in [3.63, 3.8) is 0 Å². The van der Waals surface area contributed by atoms with Crippen molar-refractivity contribution in [3.8, 4) is 0 Å². The second-order valence-electron chi connectivity index (χ2n) is 4.94. The van der Waals surface area contributed by atoms with Crippen molar-refractivity contribution < 1.29 is 4.74 Å². The molecular formula is C18H16BrNO. The average Bonchev–Trinajstić information content (AvgIpc) is 2.67. The van der Waals surface area contributed by atoms with Crippen LogP contribution in [0.2, 0.25) is 0 Å². The molecule has 2 aromatic rings. The van der Waals surface area contributed by atoms with Crippen LogP contribution in [-0.4, -0.2) is 0 Å². The first-order valence-electron chi connectivity index (χ1n) is 6.86. The van der Waals surface area contributed by atoms with Crippen molar-refractivity contribution in [2.24, 2.45) is 5.73 Å². The summed E-state index contributed by atoms with van der Waals surface area (Å²) in [6, 6.07) is 14.6. The number of nitrogens with two attached hydrogens (primary N) is 1. The number of hydrogen-bond donors (Lipinski definition) is 1. The van der Waals surface area contributed by atoms with Gasteiger partial charge in [-0.05, 0) is 28.8 Å². The summed E-state index contributed by atoms with van der Waals surface area (Å²) in [6.07, 6.45) is 6.66. The Bertz CT molecular complexity index is 753. The highest BCUT2D eigenvalue weighted by molar-refractivity contribution is 9.11. The summed E-state index contributed by atoms with van der Waals surface area (Å²) < 4.78 is 6.90. The molecule has 0 atom stereocenters. The summed E-state index contributed by atoms with van der Waals surface area (Å²) in [5.74, 6) is 0.787. The number of rotatable bonds is 3. The molecule has 0 spiro atoms. The van der Waals surface area contributed by atoms with Gasteiger partial charge in [0, 0.05) is 16.3 Å². The average molecular weight is 342 g/mol. The number of ether oxygens (including phenoxy) is 1. The van der Waals surface area contributed by atoms with E-state index in [1.165, 1.54) is 16.3 Å². The van der Waals surface area contributed by atoms with E-state index in [4.69, 9.17) is 10.5 Å². The molecule has 2 nitrogen and oxygen atoms in total. The third-order valence-electron chi connectivity index (χ3n) is 3.46. The summed E-state index contributed by atoms with van der Waals surface area (Å²) in [7, 11) is 0. The molecule has 3 rings (SSSR count). The predicted octanol–water partition coefficient (Wildman–Crippen LogP) is 4.77. The minimum atomic E-state index is 0.530. The van der Waals surface area contributed by atoms with E-state index in [1.807, 2.05) is 24.3 Å². The lowest BCUT2D eigenvalue weighted by molar-refractivity contribution is 0.212. The molecule has 0 heterocycles. The fourth-order valence-corrected chi connectivity index (χ4v) is 2.65. The standard InChI is InChI=1S/C18H16BrNO/c19-17-10-4-8-15(11-18(17)20)21-12-14-7-3-6-13-5-1-2-9-16(13)14/h1-9,11H,10,12,20H2. The number of benzene rings is 2. The Morgan fingerprint density at radius 3 is 2.81 bits per heavy atom. The van der Waals surface area contributed by atoms with Crippen LogP contribution >= 0.6 is 15.9 Å². The Kier molecular flexibility index (Phi) is 4.11. The van der Waals surface area contributed by atoms with E-state index >= 15 is 0 Å². The Morgan fingerprint density at radius 1 is 1.10 bits per heavy atom. The highest BCUT2D eigenvalue weighted by Crippen LogP contribution is 2.23. The number of allylic oxidation sites excluding steroid dienone is 4. The van der Waals surface area contributed by atoms with Crippen LogP contribution in [0.15, 0.2) is 76.6 Å². The summed E-state index contributed by atoms with van der Waals surface area (Å²) in [5.41, 5.74) is 7.85. The lowest BCUT2D eigenvalue weighted by atomic mass is 10.1. The zero-order valence-corrected chi connectivity index (χ0v) is 13.1. The van der Waals surface area contributed by atoms with Gasteiger partial charge in [-0.3, -0.25) is 0 Å². The van der Waals surface area contributed by atoms with Crippen molar-refractivity contribution in [3.05, 3.63) is 82.2 Å². The molecule has 2 N–H and O–H groups in total. The molecule has 0 saturated carbocycles. The van der Waals surface area contributed by atoms with Gasteiger partial charge in [-0.15, -0.1) is 0 Å². The second kappa shape index (κ2) is 6.19. The lowest BCUT2D eigenvalue weighted by Gasteiger charge is -2.09. The second-order valence-corrected chi connectivity index (χ2v) is 5.90. The van der Waals surface area contributed by atoms with Gasteiger partial charge in [-0.1, -0.05) is 64.5 Å². The van der Waals surface area contributed by atoms with Crippen molar-refractivity contribution in [1.29, 1.82) is 0 Å². The van der Waals surface area contributed by atoms with E-state index in [2.05, 4.69) is 52.3 Å². The fraction of sp³-hybridized carbons (Fsp3) is 0.111. The van der Waals surface area contributed by atoms with E-state index in [-0.39, 0.29) is 0 Å². The Labute approximate surface area is 132 Å². The summed E-state index contributed by atoms with van der Waals surface area (Å²) >= 11 is 3.46. The maximum atomic E-state index is 5.96. The summed E-state index contributed by atoms with van der Waals surface area (Å²) in [4.78, 5) is 0. The van der Waals surface area contributed by atoms with Gasteiger partial charge >= 0.3 is 0 Å². The van der Waals surface area contributed by atoms with Gasteiger partial charge in [0.1, 0.15) is 12.4 Å². The third-order valence-corrected chi connectivity index (χ3v) is 4.25. The van der Waals surface area contributed by atoms with Gasteiger partial charge in [0.2, 0.25) is 0 Å². The summed E-state index contributed by atoms with van der Waals surface area (Å²) in [5, 5.41) is 2.45. The van der Waals surface area contributed by atoms with E-state index in [1.54, 1.807) is 0 Å². The largest absolute Gasteiger partial charge is 0.489 e. The Balaban J connectivity index is 1.83. The molecule has 0 fully saturated rings. The SMILES string of the molecule is NC1=C(Br)CC=CC(OCc2cccc3ccccc23)=C1. The van der Waals surface area contributed by atoms with Crippen LogP contribution in [-0.2, 0) is 11.3 Å². The molecule has 1 aliphatic rings. The molecule has 0 aromatic heterocycles. The fourth-order valence-electron chi connectivity index (χ4n) is 2.35. The van der Waals surface area contributed by atoms with Gasteiger partial charge in [0.05, 0.1) is 0 Å². The van der Waals surface area contributed by atoms with E-state index in [0.717, 1.165) is 16.7 Å². The quantitative estimate of drug-likeness (QED) is 0.872. The van der Waals surface area contributed by atoms with Crippen LogP contribution in [0.4, 0.5) is 0 Å². The third kappa shape index (κ3) is 3.19. The van der Waals surface area contributed by atoms with Crippen molar-refractivity contribution in [2.45, 2.75) is 13.0 Å². The summed E-state index contributed by atoms with van der Waals surface area (Å²) in [6.45, 7) is 0.530. The highest BCUT2D eigenvalue weighted by Gasteiger charge is 2.05. The van der Waals surface area contributed by atoms with Gasteiger partial charge < -0.3 is 10.5 Å². The topological polar surface area (TPSA) is 35.2 Å². The maximum absolute atomic E-state index is 5.96. The van der Waals surface area contributed by atoms with Crippen molar-refractivity contribution in [2.75, 3.05) is 0 Å². The first-order chi connectivity index (χ1) is 10.2. The highest BCUT2D eigenvalue weighted by atomic mass is 79.9.